The lowest BCUT2D eigenvalue weighted by molar-refractivity contribution is -0.141. The van der Waals surface area contributed by atoms with E-state index in [0.29, 0.717) is 0 Å². The van der Waals surface area contributed by atoms with Crippen molar-refractivity contribution >= 4 is 22.3 Å². The van der Waals surface area contributed by atoms with E-state index in [2.05, 4.69) is 9.05 Å². The van der Waals surface area contributed by atoms with Crippen molar-refractivity contribution in [2.75, 3.05) is 13.2 Å². The van der Waals surface area contributed by atoms with Crippen LogP contribution in [0.4, 0.5) is 0 Å². The summed E-state index contributed by atoms with van der Waals surface area (Å²) in [6.07, 6.45) is -5.87. The number of hydrogen-bond acceptors (Lipinski definition) is 8. The molecule has 0 saturated carbocycles. The van der Waals surface area contributed by atoms with Gasteiger partial charge in [0.2, 0.25) is 0 Å². The SMILES string of the molecule is O=C(CO[P+](=O)O)[C@@H](O)[C@@H](O)[C@H](O)CO[P+](=O)O. The summed E-state index contributed by atoms with van der Waals surface area (Å²) in [4.78, 5) is 27.6. The number of ketones is 1. The van der Waals surface area contributed by atoms with Gasteiger partial charge in [0.25, 0.3) is 0 Å². The molecule has 12 heteroatoms. The fourth-order valence-corrected chi connectivity index (χ4v) is 1.36. The Labute approximate surface area is 103 Å². The van der Waals surface area contributed by atoms with Crippen molar-refractivity contribution in [2.45, 2.75) is 18.3 Å². The first-order valence-corrected chi connectivity index (χ1v) is 6.66. The average molecular weight is 306 g/mol. The minimum Gasteiger partial charge on any atom is -0.388 e. The Morgan fingerprint density at radius 1 is 1.06 bits per heavy atom. The number of Topliss-reactive ketones (excluding diaryl/α,β-unsaturated/α-hetero) is 1. The van der Waals surface area contributed by atoms with Crippen LogP contribution in [0.25, 0.3) is 0 Å². The van der Waals surface area contributed by atoms with E-state index in [1.165, 1.54) is 0 Å². The molecule has 0 aromatic carbocycles. The summed E-state index contributed by atoms with van der Waals surface area (Å²) < 4.78 is 28.3. The number of rotatable bonds is 9. The van der Waals surface area contributed by atoms with Crippen LogP contribution in [0, 0.1) is 0 Å². The van der Waals surface area contributed by atoms with Crippen LogP contribution in [0.3, 0.4) is 0 Å². The van der Waals surface area contributed by atoms with Crippen LogP contribution in [0.2, 0.25) is 0 Å². The molecule has 0 rings (SSSR count). The van der Waals surface area contributed by atoms with Gasteiger partial charge in [-0.05, 0) is 0 Å². The summed E-state index contributed by atoms with van der Waals surface area (Å²) >= 11 is 0. The third-order valence-electron chi connectivity index (χ3n) is 1.72. The van der Waals surface area contributed by atoms with Crippen molar-refractivity contribution in [3.8, 4) is 0 Å². The first-order chi connectivity index (χ1) is 8.25. The van der Waals surface area contributed by atoms with Crippen molar-refractivity contribution in [2.24, 2.45) is 0 Å². The van der Waals surface area contributed by atoms with Crippen LogP contribution in [0.5, 0.6) is 0 Å². The Balaban J connectivity index is 4.21. The average Bonchev–Trinajstić information content (AvgIpc) is 2.30. The van der Waals surface area contributed by atoms with Gasteiger partial charge in [0.05, 0.1) is 0 Å². The third-order valence-corrected chi connectivity index (χ3v) is 2.44. The predicted molar refractivity (Wildman–Crippen MR) is 54.6 cm³/mol. The summed E-state index contributed by atoms with van der Waals surface area (Å²) in [5.74, 6) is -1.15. The normalized spacial score (nSPS) is 17.8. The van der Waals surface area contributed by atoms with Gasteiger partial charge in [0, 0.05) is 9.13 Å². The van der Waals surface area contributed by atoms with E-state index in [9.17, 15) is 29.2 Å². The van der Waals surface area contributed by atoms with E-state index in [-0.39, 0.29) is 0 Å². The molecule has 0 aromatic rings. The monoisotopic (exact) mass is 306 g/mol. The van der Waals surface area contributed by atoms with Gasteiger partial charge in [-0.2, -0.15) is 0 Å². The van der Waals surface area contributed by atoms with Crippen LogP contribution in [-0.2, 0) is 23.0 Å². The number of carbonyl (C=O) groups is 1. The van der Waals surface area contributed by atoms with Crippen molar-refractivity contribution < 1.29 is 48.1 Å². The summed E-state index contributed by atoms with van der Waals surface area (Å²) in [5.41, 5.74) is 0. The van der Waals surface area contributed by atoms with Gasteiger partial charge in [-0.15, -0.1) is 18.8 Å². The highest BCUT2D eigenvalue weighted by atomic mass is 31.1. The zero-order valence-electron chi connectivity index (χ0n) is 8.82. The van der Waals surface area contributed by atoms with Crippen molar-refractivity contribution in [3.05, 3.63) is 0 Å². The topological polar surface area (TPSA) is 171 Å². The maximum Gasteiger partial charge on any atom is 0.695 e. The first kappa shape index (κ1) is 17.6. The Morgan fingerprint density at radius 3 is 2.00 bits per heavy atom. The second-order valence-electron chi connectivity index (χ2n) is 3.01. The van der Waals surface area contributed by atoms with Crippen molar-refractivity contribution in [1.82, 2.24) is 0 Å². The molecule has 0 aliphatic rings. The Kier molecular flexibility index (Phi) is 8.45. The predicted octanol–water partition coefficient (Wildman–Crippen LogP) is -2.03. The summed E-state index contributed by atoms with van der Waals surface area (Å²) in [7, 11) is -6.02. The molecule has 0 bridgehead atoms. The van der Waals surface area contributed by atoms with Crippen LogP contribution >= 0.6 is 16.5 Å². The van der Waals surface area contributed by atoms with E-state index in [1.807, 2.05) is 0 Å². The molecule has 0 radical (unpaired) electrons. The Morgan fingerprint density at radius 2 is 1.56 bits per heavy atom. The number of aliphatic hydroxyl groups is 3. The molecule has 0 aliphatic carbocycles. The summed E-state index contributed by atoms with van der Waals surface area (Å²) in [6, 6.07) is 0. The molecule has 104 valence electrons. The molecule has 0 spiro atoms. The number of carbonyl (C=O) groups excluding carboxylic acids is 1. The Bertz CT molecular complexity index is 319. The fraction of sp³-hybridized carbons (Fsp3) is 0.833. The largest absolute Gasteiger partial charge is 0.695 e. The highest BCUT2D eigenvalue weighted by molar-refractivity contribution is 7.32. The maximum absolute atomic E-state index is 11.1. The molecule has 5 atom stereocenters. The van der Waals surface area contributed by atoms with Gasteiger partial charge in [0.1, 0.15) is 24.9 Å². The van der Waals surface area contributed by atoms with Crippen molar-refractivity contribution in [3.63, 3.8) is 0 Å². The van der Waals surface area contributed by atoms with Crippen molar-refractivity contribution in [1.29, 1.82) is 0 Å². The second-order valence-corrected chi connectivity index (χ2v) is 4.48. The molecule has 0 aliphatic heterocycles. The van der Waals surface area contributed by atoms with E-state index >= 15 is 0 Å². The fourth-order valence-electron chi connectivity index (χ4n) is 0.844. The van der Waals surface area contributed by atoms with Gasteiger partial charge < -0.3 is 15.3 Å². The number of hydrogen-bond donors (Lipinski definition) is 5. The quantitative estimate of drug-likeness (QED) is 0.299. The van der Waals surface area contributed by atoms with Crippen LogP contribution in [-0.4, -0.2) is 62.4 Å². The van der Waals surface area contributed by atoms with Gasteiger partial charge in [-0.25, -0.2) is 0 Å². The summed E-state index contributed by atoms with van der Waals surface area (Å²) in [6.45, 7) is -1.72. The molecule has 0 heterocycles. The lowest BCUT2D eigenvalue weighted by Gasteiger charge is -2.19. The van der Waals surface area contributed by atoms with Crippen LogP contribution < -0.4 is 0 Å². The van der Waals surface area contributed by atoms with Gasteiger partial charge in [-0.3, -0.25) is 4.79 Å². The highest BCUT2D eigenvalue weighted by Crippen LogP contribution is 2.17. The zero-order valence-corrected chi connectivity index (χ0v) is 10.6. The maximum atomic E-state index is 11.1. The van der Waals surface area contributed by atoms with E-state index in [1.54, 1.807) is 0 Å². The lowest BCUT2D eigenvalue weighted by Crippen LogP contribution is -2.45. The van der Waals surface area contributed by atoms with Crippen LogP contribution in [0.15, 0.2) is 0 Å². The van der Waals surface area contributed by atoms with Crippen LogP contribution in [0.1, 0.15) is 0 Å². The lowest BCUT2D eigenvalue weighted by atomic mass is 10.1. The van der Waals surface area contributed by atoms with Gasteiger partial charge in [0.15, 0.2) is 12.4 Å². The minimum absolute atomic E-state index is 0.785. The molecule has 0 fully saturated rings. The second kappa shape index (κ2) is 8.65. The van der Waals surface area contributed by atoms with Gasteiger partial charge in [-0.1, -0.05) is 0 Å². The molecule has 0 saturated heterocycles. The summed E-state index contributed by atoms with van der Waals surface area (Å²) in [5, 5.41) is 27.7. The third kappa shape index (κ3) is 7.12. The zero-order chi connectivity index (χ0) is 14.3. The Hall–Kier alpha value is -0.410. The van der Waals surface area contributed by atoms with E-state index in [4.69, 9.17) is 9.79 Å². The van der Waals surface area contributed by atoms with E-state index < -0.39 is 53.8 Å². The molecular formula is C6H12O10P2+2. The first-order valence-electron chi connectivity index (χ1n) is 4.40. The van der Waals surface area contributed by atoms with E-state index in [0.717, 1.165) is 0 Å². The minimum atomic E-state index is -3.03. The molecular weight excluding hydrogens is 294 g/mol. The molecule has 0 amide bonds. The molecule has 18 heavy (non-hydrogen) atoms. The molecule has 5 N–H and O–H groups in total. The number of aliphatic hydroxyl groups excluding tert-OH is 3. The smallest absolute Gasteiger partial charge is 0.388 e. The van der Waals surface area contributed by atoms with Gasteiger partial charge >= 0.3 is 16.5 Å². The standard InChI is InChI=1S/C6H10O10P2/c7-3(1-15-17(11)12)5(9)6(10)4(8)2-16-18(13)14/h3,5-7,9-10H,1-2H2/p+2/t3-,5+,6-/m1/s1. The highest BCUT2D eigenvalue weighted by Gasteiger charge is 2.33. The molecule has 10 nitrogen and oxygen atoms in total. The molecule has 2 unspecified atom stereocenters. The molecule has 0 aromatic heterocycles.